The van der Waals surface area contributed by atoms with Crippen LogP contribution in [0.15, 0.2) is 28.0 Å². The van der Waals surface area contributed by atoms with Crippen LogP contribution in [-0.2, 0) is 9.84 Å². The predicted molar refractivity (Wildman–Crippen MR) is 85.4 cm³/mol. The summed E-state index contributed by atoms with van der Waals surface area (Å²) in [6.45, 7) is 8.37. The van der Waals surface area contributed by atoms with Gasteiger partial charge in [-0.1, -0.05) is 6.07 Å². The maximum atomic E-state index is 12.9. The van der Waals surface area contributed by atoms with Gasteiger partial charge in [0.2, 0.25) is 9.84 Å². The summed E-state index contributed by atoms with van der Waals surface area (Å²) in [5, 5.41) is 20.1. The van der Waals surface area contributed by atoms with E-state index in [1.54, 1.807) is 46.8 Å². The van der Waals surface area contributed by atoms with Crippen molar-refractivity contribution < 1.29 is 18.6 Å². The number of sulfone groups is 1. The third kappa shape index (κ3) is 2.35. The number of phenols is 2. The largest absolute Gasteiger partial charge is 0.507 e. The molecule has 0 aliphatic rings. The molecule has 0 saturated carbocycles. The number of aromatic hydroxyl groups is 2. The van der Waals surface area contributed by atoms with Crippen molar-refractivity contribution in [2.75, 3.05) is 0 Å². The Morgan fingerprint density at radius 3 is 1.86 bits per heavy atom. The average Bonchev–Trinajstić information content (AvgIpc) is 2.46. The molecule has 0 heterocycles. The van der Waals surface area contributed by atoms with E-state index in [9.17, 15) is 18.6 Å². The van der Waals surface area contributed by atoms with Gasteiger partial charge in [0.25, 0.3) is 0 Å². The molecule has 0 fully saturated rings. The standard InChI is InChI=1S/C17H20O4S/c1-9-6-7-14(12(4)16(9)18)22(20,21)15-8-10(2)11(3)17(19)13(15)5/h6-8,18-19H,1-5H3. The van der Waals surface area contributed by atoms with Crippen LogP contribution in [0.25, 0.3) is 0 Å². The predicted octanol–water partition coefficient (Wildman–Crippen LogP) is 3.47. The van der Waals surface area contributed by atoms with Crippen molar-refractivity contribution in [1.82, 2.24) is 0 Å². The van der Waals surface area contributed by atoms with Crippen LogP contribution in [0.1, 0.15) is 27.8 Å². The van der Waals surface area contributed by atoms with E-state index in [4.69, 9.17) is 0 Å². The first-order valence-electron chi connectivity index (χ1n) is 6.93. The maximum absolute atomic E-state index is 12.9. The fourth-order valence-electron chi connectivity index (χ4n) is 2.50. The van der Waals surface area contributed by atoms with Gasteiger partial charge in [-0.25, -0.2) is 8.42 Å². The molecule has 0 aromatic heterocycles. The highest BCUT2D eigenvalue weighted by Gasteiger charge is 2.26. The Labute approximate surface area is 131 Å². The van der Waals surface area contributed by atoms with E-state index in [-0.39, 0.29) is 21.3 Å². The minimum atomic E-state index is -3.82. The molecule has 0 aliphatic heterocycles. The molecule has 2 N–H and O–H groups in total. The highest BCUT2D eigenvalue weighted by atomic mass is 32.2. The first kappa shape index (κ1) is 16.4. The SMILES string of the molecule is Cc1cc(S(=O)(=O)c2ccc(C)c(O)c2C)c(C)c(O)c1C. The molecule has 0 spiro atoms. The molecule has 2 aromatic carbocycles. The lowest BCUT2D eigenvalue weighted by Crippen LogP contribution is -2.08. The number of hydrogen-bond donors (Lipinski definition) is 2. The number of aryl methyl sites for hydroxylation is 2. The van der Waals surface area contributed by atoms with E-state index in [1.807, 2.05) is 0 Å². The van der Waals surface area contributed by atoms with Crippen LogP contribution in [0.3, 0.4) is 0 Å². The molecule has 0 aliphatic carbocycles. The molecule has 22 heavy (non-hydrogen) atoms. The Kier molecular flexibility index (Phi) is 3.96. The second-order valence-electron chi connectivity index (χ2n) is 5.65. The van der Waals surface area contributed by atoms with Gasteiger partial charge in [-0.15, -0.1) is 0 Å². The van der Waals surface area contributed by atoms with Gasteiger partial charge in [-0.05, 0) is 63.4 Å². The van der Waals surface area contributed by atoms with E-state index in [2.05, 4.69) is 0 Å². The lowest BCUT2D eigenvalue weighted by molar-refractivity contribution is 0.462. The maximum Gasteiger partial charge on any atom is 0.207 e. The Morgan fingerprint density at radius 2 is 1.27 bits per heavy atom. The van der Waals surface area contributed by atoms with E-state index in [0.717, 1.165) is 0 Å². The number of rotatable bonds is 2. The number of phenolic OH excluding ortho intramolecular Hbond substituents is 2. The summed E-state index contributed by atoms with van der Waals surface area (Å²) in [4.78, 5) is 0.126. The smallest absolute Gasteiger partial charge is 0.207 e. The molecule has 0 bridgehead atoms. The van der Waals surface area contributed by atoms with Gasteiger partial charge in [0.15, 0.2) is 0 Å². The molecule has 0 amide bonds. The molecule has 0 unspecified atom stereocenters. The first-order valence-corrected chi connectivity index (χ1v) is 8.41. The lowest BCUT2D eigenvalue weighted by atomic mass is 10.1. The number of hydrogen-bond acceptors (Lipinski definition) is 4. The molecule has 2 aromatic rings. The molecule has 0 radical (unpaired) electrons. The van der Waals surface area contributed by atoms with Crippen molar-refractivity contribution >= 4 is 9.84 Å². The van der Waals surface area contributed by atoms with E-state index in [1.165, 1.54) is 6.07 Å². The zero-order valence-corrected chi connectivity index (χ0v) is 14.2. The van der Waals surface area contributed by atoms with Crippen LogP contribution < -0.4 is 0 Å². The normalized spacial score (nSPS) is 11.7. The minimum Gasteiger partial charge on any atom is -0.507 e. The summed E-state index contributed by atoms with van der Waals surface area (Å²) >= 11 is 0. The average molecular weight is 320 g/mol. The second kappa shape index (κ2) is 5.32. The van der Waals surface area contributed by atoms with E-state index in [0.29, 0.717) is 27.8 Å². The third-order valence-electron chi connectivity index (χ3n) is 4.18. The van der Waals surface area contributed by atoms with Crippen LogP contribution in [0.4, 0.5) is 0 Å². The van der Waals surface area contributed by atoms with Crippen LogP contribution in [0.5, 0.6) is 11.5 Å². The monoisotopic (exact) mass is 320 g/mol. The second-order valence-corrected chi connectivity index (χ2v) is 7.53. The van der Waals surface area contributed by atoms with Crippen LogP contribution in [0.2, 0.25) is 0 Å². The summed E-state index contributed by atoms with van der Waals surface area (Å²) in [6.07, 6.45) is 0. The molecular formula is C17H20O4S. The van der Waals surface area contributed by atoms with Crippen molar-refractivity contribution in [3.63, 3.8) is 0 Å². The first-order chi connectivity index (χ1) is 10.1. The molecule has 4 nitrogen and oxygen atoms in total. The molecule has 0 atom stereocenters. The van der Waals surface area contributed by atoms with Gasteiger partial charge in [-0.3, -0.25) is 0 Å². The Balaban J connectivity index is 2.80. The summed E-state index contributed by atoms with van der Waals surface area (Å²) < 4.78 is 25.9. The third-order valence-corrected chi connectivity index (χ3v) is 6.21. The van der Waals surface area contributed by atoms with Crippen molar-refractivity contribution in [3.05, 3.63) is 46.0 Å². The van der Waals surface area contributed by atoms with Crippen LogP contribution >= 0.6 is 0 Å². The lowest BCUT2D eigenvalue weighted by Gasteiger charge is -2.15. The highest BCUT2D eigenvalue weighted by Crippen LogP contribution is 2.36. The Morgan fingerprint density at radius 1 is 0.727 bits per heavy atom. The minimum absolute atomic E-state index is 0.00689. The van der Waals surface area contributed by atoms with Gasteiger partial charge in [0.1, 0.15) is 11.5 Å². The quantitative estimate of drug-likeness (QED) is 0.888. The van der Waals surface area contributed by atoms with Gasteiger partial charge >= 0.3 is 0 Å². The topological polar surface area (TPSA) is 74.6 Å². The van der Waals surface area contributed by atoms with E-state index >= 15 is 0 Å². The Bertz CT molecular complexity index is 865. The van der Waals surface area contributed by atoms with Crippen molar-refractivity contribution in [3.8, 4) is 11.5 Å². The summed E-state index contributed by atoms with van der Waals surface area (Å²) in [5.74, 6) is -0.0284. The van der Waals surface area contributed by atoms with E-state index < -0.39 is 9.84 Å². The summed E-state index contributed by atoms with van der Waals surface area (Å²) in [6, 6.07) is 4.63. The summed E-state index contributed by atoms with van der Waals surface area (Å²) in [7, 11) is -3.82. The van der Waals surface area contributed by atoms with Crippen molar-refractivity contribution in [2.45, 2.75) is 44.4 Å². The molecule has 2 rings (SSSR count). The zero-order chi connectivity index (χ0) is 16.8. The molecule has 0 saturated heterocycles. The number of benzene rings is 2. The zero-order valence-electron chi connectivity index (χ0n) is 13.4. The highest BCUT2D eigenvalue weighted by molar-refractivity contribution is 7.91. The fourth-order valence-corrected chi connectivity index (χ4v) is 4.32. The van der Waals surface area contributed by atoms with Crippen molar-refractivity contribution in [1.29, 1.82) is 0 Å². The summed E-state index contributed by atoms with van der Waals surface area (Å²) in [5.41, 5.74) is 2.63. The van der Waals surface area contributed by atoms with Gasteiger partial charge in [0, 0.05) is 11.1 Å². The van der Waals surface area contributed by atoms with Gasteiger partial charge < -0.3 is 10.2 Å². The molecule has 118 valence electrons. The van der Waals surface area contributed by atoms with Crippen LogP contribution in [-0.4, -0.2) is 18.6 Å². The van der Waals surface area contributed by atoms with Gasteiger partial charge in [-0.2, -0.15) is 0 Å². The fraction of sp³-hybridized carbons (Fsp3) is 0.294. The molecule has 5 heteroatoms. The van der Waals surface area contributed by atoms with Gasteiger partial charge in [0.05, 0.1) is 9.79 Å². The van der Waals surface area contributed by atoms with Crippen molar-refractivity contribution in [2.24, 2.45) is 0 Å². The molecular weight excluding hydrogens is 300 g/mol. The van der Waals surface area contributed by atoms with Crippen LogP contribution in [0, 0.1) is 34.6 Å². The Hall–Kier alpha value is -2.01.